The predicted octanol–water partition coefficient (Wildman–Crippen LogP) is 1.06. The summed E-state index contributed by atoms with van der Waals surface area (Å²) in [4.78, 5) is 30.1. The van der Waals surface area contributed by atoms with Gasteiger partial charge in [-0.3, -0.25) is 9.59 Å². The number of hydrogen-bond donors (Lipinski definition) is 2. The second-order valence-electron chi connectivity index (χ2n) is 6.51. The molecule has 134 valence electrons. The van der Waals surface area contributed by atoms with Crippen molar-refractivity contribution in [1.29, 1.82) is 5.26 Å². The van der Waals surface area contributed by atoms with Gasteiger partial charge in [0.25, 0.3) is 0 Å². The SMILES string of the molecule is CC(C)C(=O)NCCNC(=O)C1CCN(c2ccc(C#N)cn2)CC1. The lowest BCUT2D eigenvalue weighted by atomic mass is 9.96. The van der Waals surface area contributed by atoms with E-state index in [-0.39, 0.29) is 23.7 Å². The van der Waals surface area contributed by atoms with Crippen molar-refractivity contribution in [3.63, 3.8) is 0 Å². The molecule has 1 aromatic heterocycles. The summed E-state index contributed by atoms with van der Waals surface area (Å²) in [5, 5.41) is 14.5. The number of piperidine rings is 1. The number of carbonyl (C=O) groups excluding carboxylic acids is 2. The summed E-state index contributed by atoms with van der Waals surface area (Å²) < 4.78 is 0. The zero-order valence-electron chi connectivity index (χ0n) is 14.8. The van der Waals surface area contributed by atoms with Gasteiger partial charge in [-0.2, -0.15) is 5.26 Å². The van der Waals surface area contributed by atoms with Crippen molar-refractivity contribution < 1.29 is 9.59 Å². The summed E-state index contributed by atoms with van der Waals surface area (Å²) in [6.07, 6.45) is 3.11. The molecular weight excluding hydrogens is 318 g/mol. The smallest absolute Gasteiger partial charge is 0.223 e. The molecule has 2 rings (SSSR count). The van der Waals surface area contributed by atoms with Gasteiger partial charge in [-0.1, -0.05) is 13.8 Å². The Morgan fingerprint density at radius 3 is 2.52 bits per heavy atom. The third kappa shape index (κ3) is 5.45. The molecule has 1 aliphatic heterocycles. The molecule has 2 heterocycles. The molecule has 0 radical (unpaired) electrons. The number of amides is 2. The largest absolute Gasteiger partial charge is 0.357 e. The Bertz CT molecular complexity index is 628. The highest BCUT2D eigenvalue weighted by Crippen LogP contribution is 2.21. The molecule has 0 saturated carbocycles. The Hall–Kier alpha value is -2.62. The first-order chi connectivity index (χ1) is 12.0. The summed E-state index contributed by atoms with van der Waals surface area (Å²) in [5.74, 6) is 0.837. The summed E-state index contributed by atoms with van der Waals surface area (Å²) >= 11 is 0. The lowest BCUT2D eigenvalue weighted by molar-refractivity contribution is -0.126. The number of anilines is 1. The normalized spacial score (nSPS) is 14.9. The third-order valence-electron chi connectivity index (χ3n) is 4.31. The van der Waals surface area contributed by atoms with E-state index in [1.54, 1.807) is 12.3 Å². The topological polar surface area (TPSA) is 98.1 Å². The summed E-state index contributed by atoms with van der Waals surface area (Å²) in [7, 11) is 0. The number of hydrogen-bond acceptors (Lipinski definition) is 5. The van der Waals surface area contributed by atoms with Crippen LogP contribution in [0.2, 0.25) is 0 Å². The molecule has 0 bridgehead atoms. The average molecular weight is 343 g/mol. The van der Waals surface area contributed by atoms with Crippen LogP contribution in [0.3, 0.4) is 0 Å². The third-order valence-corrected chi connectivity index (χ3v) is 4.31. The van der Waals surface area contributed by atoms with Crippen LogP contribution in [0.25, 0.3) is 0 Å². The Labute approximate surface area is 148 Å². The summed E-state index contributed by atoms with van der Waals surface area (Å²) in [6, 6.07) is 5.66. The molecule has 2 N–H and O–H groups in total. The zero-order valence-corrected chi connectivity index (χ0v) is 14.8. The highest BCUT2D eigenvalue weighted by molar-refractivity contribution is 5.79. The predicted molar refractivity (Wildman–Crippen MR) is 94.7 cm³/mol. The van der Waals surface area contributed by atoms with E-state index in [4.69, 9.17) is 5.26 Å². The highest BCUT2D eigenvalue weighted by atomic mass is 16.2. The Kier molecular flexibility index (Phi) is 6.75. The van der Waals surface area contributed by atoms with Crippen LogP contribution in [0.5, 0.6) is 0 Å². The van der Waals surface area contributed by atoms with Crippen LogP contribution in [0.15, 0.2) is 18.3 Å². The van der Waals surface area contributed by atoms with E-state index in [9.17, 15) is 9.59 Å². The lowest BCUT2D eigenvalue weighted by Crippen LogP contribution is -2.43. The van der Waals surface area contributed by atoms with Gasteiger partial charge in [0.05, 0.1) is 5.56 Å². The number of aromatic nitrogens is 1. The van der Waals surface area contributed by atoms with Gasteiger partial charge in [0.15, 0.2) is 0 Å². The van der Waals surface area contributed by atoms with E-state index in [0.717, 1.165) is 31.7 Å². The molecule has 25 heavy (non-hydrogen) atoms. The Balaban J connectivity index is 1.71. The molecule has 0 atom stereocenters. The maximum Gasteiger partial charge on any atom is 0.223 e. The number of nitrogens with one attached hydrogen (secondary N) is 2. The number of nitriles is 1. The molecule has 1 aliphatic rings. The van der Waals surface area contributed by atoms with E-state index in [2.05, 4.69) is 26.6 Å². The molecule has 7 heteroatoms. The number of nitrogens with zero attached hydrogens (tertiary/aromatic N) is 3. The van der Waals surface area contributed by atoms with Crippen molar-refractivity contribution >= 4 is 17.6 Å². The van der Waals surface area contributed by atoms with E-state index in [1.165, 1.54) is 0 Å². The molecule has 0 aromatic carbocycles. The fourth-order valence-electron chi connectivity index (χ4n) is 2.73. The van der Waals surface area contributed by atoms with Crippen molar-refractivity contribution in [1.82, 2.24) is 15.6 Å². The maximum absolute atomic E-state index is 12.2. The van der Waals surface area contributed by atoms with Crippen molar-refractivity contribution in [2.24, 2.45) is 11.8 Å². The minimum absolute atomic E-state index is 0.00234. The molecule has 1 fully saturated rings. The van der Waals surface area contributed by atoms with Crippen LogP contribution >= 0.6 is 0 Å². The van der Waals surface area contributed by atoms with Crippen LogP contribution < -0.4 is 15.5 Å². The van der Waals surface area contributed by atoms with E-state index >= 15 is 0 Å². The molecule has 1 saturated heterocycles. The first-order valence-electron chi connectivity index (χ1n) is 8.67. The van der Waals surface area contributed by atoms with Crippen LogP contribution in [0.4, 0.5) is 5.82 Å². The standard InChI is InChI=1S/C18H25N5O2/c1-13(2)17(24)20-7-8-21-18(25)15-5-9-23(10-6-15)16-4-3-14(11-19)12-22-16/h3-4,12-13,15H,5-10H2,1-2H3,(H,20,24)(H,21,25). The highest BCUT2D eigenvalue weighted by Gasteiger charge is 2.25. The van der Waals surface area contributed by atoms with Crippen molar-refractivity contribution in [3.8, 4) is 6.07 Å². The summed E-state index contributed by atoms with van der Waals surface area (Å²) in [5.41, 5.74) is 0.544. The van der Waals surface area contributed by atoms with Crippen LogP contribution in [0.1, 0.15) is 32.3 Å². The fourth-order valence-corrected chi connectivity index (χ4v) is 2.73. The summed E-state index contributed by atoms with van der Waals surface area (Å²) in [6.45, 7) is 6.11. The van der Waals surface area contributed by atoms with Gasteiger partial charge < -0.3 is 15.5 Å². The number of pyridine rings is 1. The minimum atomic E-state index is -0.0455. The minimum Gasteiger partial charge on any atom is -0.357 e. The molecule has 0 spiro atoms. The van der Waals surface area contributed by atoms with E-state index < -0.39 is 0 Å². The van der Waals surface area contributed by atoms with Gasteiger partial charge in [0.2, 0.25) is 11.8 Å². The van der Waals surface area contributed by atoms with Crippen LogP contribution in [-0.4, -0.2) is 43.0 Å². The van der Waals surface area contributed by atoms with E-state index in [1.807, 2.05) is 19.9 Å². The monoisotopic (exact) mass is 343 g/mol. The lowest BCUT2D eigenvalue weighted by Gasteiger charge is -2.32. The van der Waals surface area contributed by atoms with Gasteiger partial charge in [-0.05, 0) is 25.0 Å². The fraction of sp³-hybridized carbons (Fsp3) is 0.556. The van der Waals surface area contributed by atoms with Gasteiger partial charge in [0.1, 0.15) is 11.9 Å². The van der Waals surface area contributed by atoms with Crippen molar-refractivity contribution in [3.05, 3.63) is 23.9 Å². The quantitative estimate of drug-likeness (QED) is 0.753. The molecule has 0 aliphatic carbocycles. The van der Waals surface area contributed by atoms with Gasteiger partial charge >= 0.3 is 0 Å². The van der Waals surface area contributed by atoms with Gasteiger partial charge in [-0.25, -0.2) is 4.98 Å². The average Bonchev–Trinajstić information content (AvgIpc) is 2.65. The second-order valence-corrected chi connectivity index (χ2v) is 6.51. The molecule has 7 nitrogen and oxygen atoms in total. The molecule has 0 unspecified atom stereocenters. The van der Waals surface area contributed by atoms with Gasteiger partial charge in [0, 0.05) is 44.2 Å². The maximum atomic E-state index is 12.2. The Morgan fingerprint density at radius 1 is 1.28 bits per heavy atom. The first-order valence-corrected chi connectivity index (χ1v) is 8.67. The molecule has 1 aromatic rings. The number of carbonyl (C=O) groups is 2. The van der Waals surface area contributed by atoms with Crippen molar-refractivity contribution in [2.75, 3.05) is 31.1 Å². The second kappa shape index (κ2) is 9.02. The van der Waals surface area contributed by atoms with E-state index in [0.29, 0.717) is 18.7 Å². The van der Waals surface area contributed by atoms with Crippen molar-refractivity contribution in [2.45, 2.75) is 26.7 Å². The molecule has 2 amide bonds. The molecular formula is C18H25N5O2. The number of rotatable bonds is 6. The van der Waals surface area contributed by atoms with Gasteiger partial charge in [-0.15, -0.1) is 0 Å². The van der Waals surface area contributed by atoms with Crippen LogP contribution in [-0.2, 0) is 9.59 Å². The first kappa shape index (κ1) is 18.7. The zero-order chi connectivity index (χ0) is 18.2. The van der Waals surface area contributed by atoms with Crippen LogP contribution in [0, 0.1) is 23.2 Å². The Morgan fingerprint density at radius 2 is 1.96 bits per heavy atom.